The van der Waals surface area contributed by atoms with Crippen LogP contribution in [0.4, 0.5) is 5.95 Å². The van der Waals surface area contributed by atoms with Gasteiger partial charge < -0.3 is 9.72 Å². The first kappa shape index (κ1) is 16.7. The number of carbonyl (C=O) groups excluding carboxylic acids is 2. The third-order valence-corrected chi connectivity index (χ3v) is 4.10. The number of para-hydroxylation sites is 1. The van der Waals surface area contributed by atoms with Gasteiger partial charge in [-0.15, -0.1) is 0 Å². The number of hydrogen-bond donors (Lipinski definition) is 2. The molecule has 0 aliphatic carbocycles. The topological polar surface area (TPSA) is 97.0 Å². The Morgan fingerprint density at radius 1 is 1.11 bits per heavy atom. The molecule has 0 aliphatic heterocycles. The zero-order valence-corrected chi connectivity index (χ0v) is 14.5. The van der Waals surface area contributed by atoms with Crippen molar-refractivity contribution in [3.8, 4) is 0 Å². The van der Waals surface area contributed by atoms with Crippen molar-refractivity contribution in [3.63, 3.8) is 0 Å². The number of benzene rings is 2. The summed E-state index contributed by atoms with van der Waals surface area (Å²) in [6.07, 6.45) is 1.65. The summed E-state index contributed by atoms with van der Waals surface area (Å²) >= 11 is 0. The summed E-state index contributed by atoms with van der Waals surface area (Å²) in [6, 6.07) is 14.5. The third-order valence-electron chi connectivity index (χ3n) is 4.10. The average molecular weight is 360 g/mol. The molecule has 7 heteroatoms. The number of hydrogen-bond acceptors (Lipinski definition) is 5. The Labute approximate surface area is 154 Å². The number of anilines is 1. The summed E-state index contributed by atoms with van der Waals surface area (Å²) < 4.78 is 5.05. The molecule has 4 rings (SSSR count). The minimum Gasteiger partial charge on any atom is -0.462 e. The van der Waals surface area contributed by atoms with E-state index in [4.69, 9.17) is 4.74 Å². The maximum atomic E-state index is 12.5. The van der Waals surface area contributed by atoms with Crippen molar-refractivity contribution in [3.05, 3.63) is 66.0 Å². The van der Waals surface area contributed by atoms with Crippen LogP contribution in [-0.4, -0.2) is 33.4 Å². The molecule has 7 nitrogen and oxygen atoms in total. The van der Waals surface area contributed by atoms with E-state index in [0.29, 0.717) is 16.6 Å². The number of esters is 1. The summed E-state index contributed by atoms with van der Waals surface area (Å²) in [4.78, 5) is 36.1. The second kappa shape index (κ2) is 6.87. The molecule has 0 aliphatic rings. The van der Waals surface area contributed by atoms with Gasteiger partial charge in [0.15, 0.2) is 0 Å². The summed E-state index contributed by atoms with van der Waals surface area (Å²) in [6.45, 7) is 2.02. The predicted molar refractivity (Wildman–Crippen MR) is 102 cm³/mol. The summed E-state index contributed by atoms with van der Waals surface area (Å²) in [7, 11) is 0. The van der Waals surface area contributed by atoms with E-state index < -0.39 is 11.9 Å². The molecule has 0 unspecified atom stereocenters. The molecule has 0 bridgehead atoms. The normalized spacial score (nSPS) is 10.9. The van der Waals surface area contributed by atoms with Gasteiger partial charge in [-0.05, 0) is 30.5 Å². The number of imidazole rings is 1. The van der Waals surface area contributed by atoms with Crippen molar-refractivity contribution in [2.45, 2.75) is 6.92 Å². The molecule has 2 N–H and O–H groups in total. The van der Waals surface area contributed by atoms with Crippen LogP contribution in [0.3, 0.4) is 0 Å². The van der Waals surface area contributed by atoms with E-state index in [1.807, 2.05) is 24.3 Å². The Hall–Kier alpha value is -3.74. The first-order valence-corrected chi connectivity index (χ1v) is 8.47. The fourth-order valence-electron chi connectivity index (χ4n) is 2.84. The number of carbonyl (C=O) groups is 2. The maximum absolute atomic E-state index is 12.5. The highest BCUT2D eigenvalue weighted by atomic mass is 16.5. The highest BCUT2D eigenvalue weighted by Gasteiger charge is 2.16. The minimum absolute atomic E-state index is 0.238. The number of pyridine rings is 1. The Balaban J connectivity index is 1.63. The lowest BCUT2D eigenvalue weighted by Crippen LogP contribution is -2.14. The van der Waals surface area contributed by atoms with E-state index in [1.165, 1.54) is 0 Å². The molecule has 0 atom stereocenters. The zero-order valence-electron chi connectivity index (χ0n) is 14.5. The molecule has 2 aromatic heterocycles. The van der Waals surface area contributed by atoms with E-state index in [-0.39, 0.29) is 18.2 Å². The fraction of sp³-hybridized carbons (Fsp3) is 0.100. The SMILES string of the molecule is CCOC(=O)c1cccc2[nH]c(NC(=O)c3cc4ccccc4cn3)nc12. The minimum atomic E-state index is -0.455. The number of ether oxygens (including phenoxy) is 1. The monoisotopic (exact) mass is 360 g/mol. The molecule has 1 amide bonds. The molecule has 27 heavy (non-hydrogen) atoms. The van der Waals surface area contributed by atoms with Crippen molar-refractivity contribution in [2.24, 2.45) is 0 Å². The standard InChI is InChI=1S/C20H16N4O3/c1-2-27-19(26)14-8-5-9-15-17(14)23-20(22-15)24-18(25)16-10-12-6-3-4-7-13(12)11-21-16/h3-11H,2H2,1H3,(H2,22,23,24,25). The Kier molecular flexibility index (Phi) is 4.25. The van der Waals surface area contributed by atoms with Crippen LogP contribution < -0.4 is 5.32 Å². The van der Waals surface area contributed by atoms with Gasteiger partial charge in [-0.1, -0.05) is 30.3 Å². The van der Waals surface area contributed by atoms with Crippen molar-refractivity contribution >= 4 is 39.6 Å². The molecular formula is C20H16N4O3. The molecule has 2 aromatic carbocycles. The first-order chi connectivity index (χ1) is 13.2. The van der Waals surface area contributed by atoms with Crippen LogP contribution in [-0.2, 0) is 4.74 Å². The molecule has 2 heterocycles. The average Bonchev–Trinajstić information content (AvgIpc) is 3.10. The van der Waals surface area contributed by atoms with Gasteiger partial charge in [0.25, 0.3) is 5.91 Å². The van der Waals surface area contributed by atoms with Crippen LogP contribution in [0, 0.1) is 0 Å². The number of H-pyrrole nitrogens is 1. The van der Waals surface area contributed by atoms with Crippen molar-refractivity contribution in [2.75, 3.05) is 11.9 Å². The number of nitrogens with one attached hydrogen (secondary N) is 2. The van der Waals surface area contributed by atoms with Gasteiger partial charge >= 0.3 is 5.97 Å². The van der Waals surface area contributed by atoms with Gasteiger partial charge in [-0.2, -0.15) is 0 Å². The zero-order chi connectivity index (χ0) is 18.8. The molecule has 0 saturated heterocycles. The molecular weight excluding hydrogens is 344 g/mol. The highest BCUT2D eigenvalue weighted by Crippen LogP contribution is 2.20. The number of aromatic amines is 1. The second-order valence-corrected chi connectivity index (χ2v) is 5.88. The van der Waals surface area contributed by atoms with E-state index >= 15 is 0 Å². The van der Waals surface area contributed by atoms with E-state index in [0.717, 1.165) is 10.8 Å². The lowest BCUT2D eigenvalue weighted by Gasteiger charge is -2.03. The van der Waals surface area contributed by atoms with Crippen LogP contribution in [0.2, 0.25) is 0 Å². The quantitative estimate of drug-likeness (QED) is 0.543. The van der Waals surface area contributed by atoms with E-state index in [2.05, 4.69) is 20.3 Å². The van der Waals surface area contributed by atoms with Crippen LogP contribution in [0.15, 0.2) is 54.7 Å². The molecule has 4 aromatic rings. The predicted octanol–water partition coefficient (Wildman–Crippen LogP) is 3.54. The number of nitrogens with zero attached hydrogens (tertiary/aromatic N) is 2. The third kappa shape index (κ3) is 3.22. The van der Waals surface area contributed by atoms with Gasteiger partial charge in [-0.25, -0.2) is 9.78 Å². The van der Waals surface area contributed by atoms with Crippen molar-refractivity contribution < 1.29 is 14.3 Å². The second-order valence-electron chi connectivity index (χ2n) is 5.88. The number of aromatic nitrogens is 3. The van der Waals surface area contributed by atoms with Gasteiger partial charge in [0.2, 0.25) is 5.95 Å². The highest BCUT2D eigenvalue weighted by molar-refractivity contribution is 6.06. The Morgan fingerprint density at radius 3 is 2.74 bits per heavy atom. The van der Waals surface area contributed by atoms with Crippen LogP contribution in [0.5, 0.6) is 0 Å². The van der Waals surface area contributed by atoms with Crippen LogP contribution >= 0.6 is 0 Å². The smallest absolute Gasteiger partial charge is 0.340 e. The lowest BCUT2D eigenvalue weighted by molar-refractivity contribution is 0.0528. The van der Waals surface area contributed by atoms with Gasteiger partial charge in [0, 0.05) is 11.6 Å². The summed E-state index contributed by atoms with van der Waals surface area (Å²) in [5.41, 5.74) is 1.69. The summed E-state index contributed by atoms with van der Waals surface area (Å²) in [5.74, 6) is -0.608. The molecule has 0 fully saturated rings. The lowest BCUT2D eigenvalue weighted by atomic mass is 10.1. The fourth-order valence-corrected chi connectivity index (χ4v) is 2.84. The Bertz CT molecular complexity index is 1170. The largest absolute Gasteiger partial charge is 0.462 e. The molecule has 134 valence electrons. The summed E-state index contributed by atoms with van der Waals surface area (Å²) in [5, 5.41) is 4.57. The first-order valence-electron chi connectivity index (χ1n) is 8.47. The number of amides is 1. The van der Waals surface area contributed by atoms with E-state index in [9.17, 15) is 9.59 Å². The van der Waals surface area contributed by atoms with Crippen molar-refractivity contribution in [1.29, 1.82) is 0 Å². The van der Waals surface area contributed by atoms with Crippen LogP contribution in [0.1, 0.15) is 27.8 Å². The molecule has 0 radical (unpaired) electrons. The van der Waals surface area contributed by atoms with Gasteiger partial charge in [0.1, 0.15) is 11.2 Å². The van der Waals surface area contributed by atoms with Crippen LogP contribution in [0.25, 0.3) is 21.8 Å². The van der Waals surface area contributed by atoms with Crippen molar-refractivity contribution in [1.82, 2.24) is 15.0 Å². The van der Waals surface area contributed by atoms with Gasteiger partial charge in [-0.3, -0.25) is 15.1 Å². The Morgan fingerprint density at radius 2 is 1.93 bits per heavy atom. The number of rotatable bonds is 4. The van der Waals surface area contributed by atoms with Gasteiger partial charge in [0.05, 0.1) is 17.7 Å². The molecule has 0 spiro atoms. The maximum Gasteiger partial charge on any atom is 0.340 e. The molecule has 0 saturated carbocycles. The van der Waals surface area contributed by atoms with E-state index in [1.54, 1.807) is 37.4 Å². The number of fused-ring (bicyclic) bond motifs is 2.